The molecule has 0 radical (unpaired) electrons. The van der Waals surface area contributed by atoms with Gasteiger partial charge in [0.25, 0.3) is 5.56 Å². The molecule has 0 saturated carbocycles. The van der Waals surface area contributed by atoms with Crippen LogP contribution in [0.4, 0.5) is 5.69 Å². The van der Waals surface area contributed by atoms with E-state index >= 15 is 0 Å². The van der Waals surface area contributed by atoms with Crippen LogP contribution in [-0.4, -0.2) is 56.3 Å². The lowest BCUT2D eigenvalue weighted by Crippen LogP contribution is -2.29. The molecule has 0 unspecified atom stereocenters. The molecule has 36 heavy (non-hydrogen) atoms. The Hall–Kier alpha value is -3.58. The zero-order valence-corrected chi connectivity index (χ0v) is 21.4. The molecule has 0 spiro atoms. The highest BCUT2D eigenvalue weighted by atomic mass is 16.5. The number of anilines is 1. The zero-order chi connectivity index (χ0) is 25.5. The largest absolute Gasteiger partial charge is 0.492 e. The van der Waals surface area contributed by atoms with Gasteiger partial charge in [-0.05, 0) is 36.1 Å². The number of esters is 1. The number of methoxy groups -OCH3 is 1. The zero-order valence-electron chi connectivity index (χ0n) is 21.4. The maximum absolute atomic E-state index is 13.0. The molecule has 0 saturated heterocycles. The first-order valence-electron chi connectivity index (χ1n) is 12.5. The molecule has 0 atom stereocenters. The van der Waals surface area contributed by atoms with E-state index in [1.807, 2.05) is 32.3 Å². The molecule has 2 heterocycles. The summed E-state index contributed by atoms with van der Waals surface area (Å²) in [6.45, 7) is 3.17. The summed E-state index contributed by atoms with van der Waals surface area (Å²) in [4.78, 5) is 30.2. The number of aromatic nitrogens is 1. The Balaban J connectivity index is 1.48. The van der Waals surface area contributed by atoms with E-state index < -0.39 is 5.97 Å². The van der Waals surface area contributed by atoms with Gasteiger partial charge in [0.05, 0.1) is 13.7 Å². The lowest BCUT2D eigenvalue weighted by atomic mass is 10.1. The Morgan fingerprint density at radius 2 is 1.72 bits per heavy atom. The maximum Gasteiger partial charge on any atom is 0.343 e. The van der Waals surface area contributed by atoms with Crippen LogP contribution in [0.25, 0.3) is 0 Å². The fourth-order valence-electron chi connectivity index (χ4n) is 4.65. The number of hydrogen-bond donors (Lipinski definition) is 0. The topological polar surface area (TPSA) is 64.0 Å². The van der Waals surface area contributed by atoms with E-state index in [-0.39, 0.29) is 5.56 Å². The van der Waals surface area contributed by atoms with Crippen LogP contribution in [0.1, 0.15) is 33.6 Å². The van der Waals surface area contributed by atoms with Crippen LogP contribution in [0.15, 0.2) is 65.5 Å². The third-order valence-corrected chi connectivity index (χ3v) is 6.64. The van der Waals surface area contributed by atoms with Crippen molar-refractivity contribution in [1.82, 2.24) is 9.47 Å². The molecule has 0 N–H and O–H groups in total. The maximum atomic E-state index is 13.0. The summed E-state index contributed by atoms with van der Waals surface area (Å²) in [5, 5.41) is 0. The van der Waals surface area contributed by atoms with Gasteiger partial charge >= 0.3 is 5.97 Å². The van der Waals surface area contributed by atoms with Crippen molar-refractivity contribution in [3.8, 4) is 5.75 Å². The second-order valence-corrected chi connectivity index (χ2v) is 9.34. The fraction of sp³-hybridized carbons (Fsp3) is 0.379. The number of ether oxygens (including phenoxy) is 2. The Kier molecular flexibility index (Phi) is 8.44. The van der Waals surface area contributed by atoms with Crippen molar-refractivity contribution in [1.29, 1.82) is 0 Å². The summed E-state index contributed by atoms with van der Waals surface area (Å²) in [6.07, 6.45) is 2.21. The smallest absolute Gasteiger partial charge is 0.343 e. The standard InChI is InChI=1S/C29H35N3O4/c1-30(2)24-13-11-23(12-14-24)21-31-16-15-25-28(29(34)35-3)26(20-27(33)32(25)18-17-31)36-19-7-10-22-8-5-4-6-9-22/h4-6,8-9,11-14,20H,7,10,15-19,21H2,1-3H3. The molecule has 2 aromatic carbocycles. The van der Waals surface area contributed by atoms with Gasteiger partial charge < -0.3 is 18.9 Å². The summed E-state index contributed by atoms with van der Waals surface area (Å²) < 4.78 is 12.8. The van der Waals surface area contributed by atoms with Crippen molar-refractivity contribution in [2.75, 3.05) is 45.8 Å². The third kappa shape index (κ3) is 6.15. The summed E-state index contributed by atoms with van der Waals surface area (Å²) in [5.74, 6) is -0.150. The van der Waals surface area contributed by atoms with Gasteiger partial charge in [0.15, 0.2) is 0 Å². The molecule has 0 aliphatic carbocycles. The van der Waals surface area contributed by atoms with Gasteiger partial charge in [0.1, 0.15) is 11.3 Å². The van der Waals surface area contributed by atoms with Gasteiger partial charge in [0.2, 0.25) is 0 Å². The minimum atomic E-state index is -0.468. The van der Waals surface area contributed by atoms with Crippen LogP contribution in [0, 0.1) is 0 Å². The number of aryl methyl sites for hydroxylation is 1. The molecule has 190 valence electrons. The number of benzene rings is 2. The summed E-state index contributed by atoms with van der Waals surface area (Å²) in [7, 11) is 5.42. The average Bonchev–Trinajstić information content (AvgIpc) is 3.10. The highest BCUT2D eigenvalue weighted by molar-refractivity contribution is 5.93. The van der Waals surface area contributed by atoms with Crippen LogP contribution in [0.5, 0.6) is 5.75 Å². The van der Waals surface area contributed by atoms with Gasteiger partial charge in [-0.2, -0.15) is 0 Å². The van der Waals surface area contributed by atoms with E-state index in [4.69, 9.17) is 9.47 Å². The van der Waals surface area contributed by atoms with Crippen LogP contribution in [-0.2, 0) is 30.7 Å². The first kappa shape index (κ1) is 25.5. The normalized spacial score (nSPS) is 13.5. The second-order valence-electron chi connectivity index (χ2n) is 9.34. The predicted molar refractivity (Wildman–Crippen MR) is 142 cm³/mol. The lowest BCUT2D eigenvalue weighted by molar-refractivity contribution is 0.0593. The highest BCUT2D eigenvalue weighted by Crippen LogP contribution is 2.25. The van der Waals surface area contributed by atoms with E-state index in [0.29, 0.717) is 36.6 Å². The number of nitrogens with zero attached hydrogens (tertiary/aromatic N) is 3. The van der Waals surface area contributed by atoms with E-state index in [9.17, 15) is 9.59 Å². The van der Waals surface area contributed by atoms with Crippen molar-refractivity contribution in [3.05, 3.63) is 93.4 Å². The molecule has 1 aromatic heterocycles. The molecule has 1 aliphatic heterocycles. The fourth-order valence-corrected chi connectivity index (χ4v) is 4.65. The number of fused-ring (bicyclic) bond motifs is 1. The van der Waals surface area contributed by atoms with E-state index in [1.165, 1.54) is 24.3 Å². The van der Waals surface area contributed by atoms with Crippen LogP contribution >= 0.6 is 0 Å². The molecule has 1 aliphatic rings. The third-order valence-electron chi connectivity index (χ3n) is 6.64. The van der Waals surface area contributed by atoms with E-state index in [0.717, 1.165) is 38.2 Å². The van der Waals surface area contributed by atoms with Crippen molar-refractivity contribution in [2.45, 2.75) is 32.4 Å². The summed E-state index contributed by atoms with van der Waals surface area (Å²) in [6, 6.07) is 20.1. The minimum absolute atomic E-state index is 0.145. The quantitative estimate of drug-likeness (QED) is 0.337. The van der Waals surface area contributed by atoms with Gasteiger partial charge in [-0.15, -0.1) is 0 Å². The first-order chi connectivity index (χ1) is 17.5. The van der Waals surface area contributed by atoms with Gasteiger partial charge in [0, 0.05) is 64.1 Å². The van der Waals surface area contributed by atoms with Crippen molar-refractivity contribution in [2.24, 2.45) is 0 Å². The van der Waals surface area contributed by atoms with Gasteiger partial charge in [-0.25, -0.2) is 4.79 Å². The second kappa shape index (κ2) is 11.9. The van der Waals surface area contributed by atoms with E-state index in [2.05, 4.69) is 46.2 Å². The van der Waals surface area contributed by atoms with Gasteiger partial charge in [-0.3, -0.25) is 9.69 Å². The van der Waals surface area contributed by atoms with E-state index in [1.54, 1.807) is 4.57 Å². The molecular weight excluding hydrogens is 454 g/mol. The lowest BCUT2D eigenvalue weighted by Gasteiger charge is -2.20. The molecule has 4 rings (SSSR count). The molecule has 7 nitrogen and oxygen atoms in total. The average molecular weight is 490 g/mol. The Morgan fingerprint density at radius 3 is 2.42 bits per heavy atom. The summed E-state index contributed by atoms with van der Waals surface area (Å²) >= 11 is 0. The SMILES string of the molecule is COC(=O)c1c(OCCCc2ccccc2)cc(=O)n2c1CCN(Cc1ccc(N(C)C)cc1)CC2. The summed E-state index contributed by atoms with van der Waals surface area (Å²) in [5.41, 5.74) is 4.52. The Morgan fingerprint density at radius 1 is 0.972 bits per heavy atom. The number of pyridine rings is 1. The minimum Gasteiger partial charge on any atom is -0.492 e. The molecule has 0 fully saturated rings. The van der Waals surface area contributed by atoms with Crippen molar-refractivity contribution in [3.63, 3.8) is 0 Å². The highest BCUT2D eigenvalue weighted by Gasteiger charge is 2.26. The Labute approximate surface area is 212 Å². The van der Waals surface area contributed by atoms with Crippen LogP contribution in [0.2, 0.25) is 0 Å². The predicted octanol–water partition coefficient (Wildman–Crippen LogP) is 3.77. The monoisotopic (exact) mass is 489 g/mol. The molecule has 7 heteroatoms. The van der Waals surface area contributed by atoms with Gasteiger partial charge in [-0.1, -0.05) is 42.5 Å². The first-order valence-corrected chi connectivity index (χ1v) is 12.5. The Bertz CT molecular complexity index is 1220. The molecular formula is C29H35N3O4. The molecule has 0 amide bonds. The number of carbonyl (C=O) groups excluding carboxylic acids is 1. The van der Waals surface area contributed by atoms with Crippen LogP contribution < -0.4 is 15.2 Å². The van der Waals surface area contributed by atoms with Crippen LogP contribution in [0.3, 0.4) is 0 Å². The molecule has 3 aromatic rings. The number of carbonyl (C=O) groups is 1. The van der Waals surface area contributed by atoms with Crippen molar-refractivity contribution >= 4 is 11.7 Å². The number of rotatable bonds is 9. The number of hydrogen-bond acceptors (Lipinski definition) is 6. The van der Waals surface area contributed by atoms with Crippen molar-refractivity contribution < 1.29 is 14.3 Å². The molecule has 0 bridgehead atoms.